The fourth-order valence-electron chi connectivity index (χ4n) is 1.78. The molecule has 3 heteroatoms. The van der Waals surface area contributed by atoms with Gasteiger partial charge >= 0.3 is 0 Å². The van der Waals surface area contributed by atoms with Gasteiger partial charge < -0.3 is 10.6 Å². The molecular formula is C9H18N2O. The molecule has 0 aliphatic carbocycles. The zero-order valence-corrected chi connectivity index (χ0v) is 7.75. The predicted octanol–water partition coefficient (Wildman–Crippen LogP) is 0.736. The summed E-state index contributed by atoms with van der Waals surface area (Å²) in [4.78, 5) is 13.4. The van der Waals surface area contributed by atoms with Crippen LogP contribution < -0.4 is 5.73 Å². The number of likely N-dealkylation sites (tertiary alicyclic amines) is 1. The van der Waals surface area contributed by atoms with Gasteiger partial charge in [-0.15, -0.1) is 0 Å². The van der Waals surface area contributed by atoms with Crippen LogP contribution in [0.3, 0.4) is 0 Å². The Morgan fingerprint density at radius 3 is 2.92 bits per heavy atom. The van der Waals surface area contributed by atoms with Crippen molar-refractivity contribution in [2.24, 2.45) is 5.73 Å². The van der Waals surface area contributed by atoms with E-state index in [4.69, 9.17) is 5.73 Å². The van der Waals surface area contributed by atoms with Gasteiger partial charge in [-0.1, -0.05) is 6.92 Å². The Balaban J connectivity index is 2.52. The Labute approximate surface area is 73.9 Å². The molecule has 0 aromatic rings. The van der Waals surface area contributed by atoms with E-state index < -0.39 is 0 Å². The maximum absolute atomic E-state index is 11.4. The monoisotopic (exact) mass is 170 g/mol. The van der Waals surface area contributed by atoms with Crippen LogP contribution in [0.4, 0.5) is 0 Å². The van der Waals surface area contributed by atoms with E-state index >= 15 is 0 Å². The first-order valence-electron chi connectivity index (χ1n) is 4.79. The van der Waals surface area contributed by atoms with Crippen molar-refractivity contribution in [3.63, 3.8) is 0 Å². The maximum Gasteiger partial charge on any atom is 0.222 e. The normalized spacial score (nSPS) is 24.2. The number of hydrogen-bond acceptors (Lipinski definition) is 2. The van der Waals surface area contributed by atoms with Crippen molar-refractivity contribution in [3.05, 3.63) is 0 Å². The molecule has 1 aliphatic rings. The summed E-state index contributed by atoms with van der Waals surface area (Å²) in [5, 5.41) is 0. The Morgan fingerprint density at radius 2 is 2.33 bits per heavy atom. The van der Waals surface area contributed by atoms with Gasteiger partial charge in [0.05, 0.1) is 0 Å². The number of amides is 1. The number of hydrogen-bond donors (Lipinski definition) is 1. The summed E-state index contributed by atoms with van der Waals surface area (Å²) in [7, 11) is 0. The third-order valence-corrected chi connectivity index (χ3v) is 2.52. The van der Waals surface area contributed by atoms with E-state index in [9.17, 15) is 4.79 Å². The molecule has 1 saturated heterocycles. The van der Waals surface area contributed by atoms with E-state index in [0.717, 1.165) is 19.4 Å². The van der Waals surface area contributed by atoms with Crippen molar-refractivity contribution < 1.29 is 4.79 Å². The smallest absolute Gasteiger partial charge is 0.222 e. The molecule has 1 heterocycles. The molecule has 0 aromatic carbocycles. The second kappa shape index (κ2) is 4.45. The van der Waals surface area contributed by atoms with E-state index in [1.54, 1.807) is 0 Å². The van der Waals surface area contributed by atoms with E-state index in [1.807, 2.05) is 11.8 Å². The first-order chi connectivity index (χ1) is 5.79. The fourth-order valence-corrected chi connectivity index (χ4v) is 1.78. The lowest BCUT2D eigenvalue weighted by Gasteiger charge is -2.34. The van der Waals surface area contributed by atoms with Crippen molar-refractivity contribution >= 4 is 5.91 Å². The summed E-state index contributed by atoms with van der Waals surface area (Å²) in [5.41, 5.74) is 5.59. The molecule has 3 nitrogen and oxygen atoms in total. The highest BCUT2D eigenvalue weighted by molar-refractivity contribution is 5.76. The SMILES string of the molecule is CCC(=O)N1CCCCC1CN. The standard InChI is InChI=1S/C9H18N2O/c1-2-9(12)11-6-4-3-5-8(11)7-10/h8H,2-7,10H2,1H3. The lowest BCUT2D eigenvalue weighted by atomic mass is 10.0. The highest BCUT2D eigenvalue weighted by Crippen LogP contribution is 2.16. The topological polar surface area (TPSA) is 46.3 Å². The minimum atomic E-state index is 0.255. The Morgan fingerprint density at radius 1 is 1.58 bits per heavy atom. The molecule has 0 aromatic heterocycles. The maximum atomic E-state index is 11.4. The van der Waals surface area contributed by atoms with Crippen LogP contribution in [-0.4, -0.2) is 29.9 Å². The highest BCUT2D eigenvalue weighted by Gasteiger charge is 2.23. The number of carbonyl (C=O) groups is 1. The Bertz CT molecular complexity index is 159. The molecule has 1 unspecified atom stereocenters. The molecule has 12 heavy (non-hydrogen) atoms. The average molecular weight is 170 g/mol. The molecule has 0 radical (unpaired) electrons. The molecule has 0 spiro atoms. The lowest BCUT2D eigenvalue weighted by molar-refractivity contribution is -0.134. The third kappa shape index (κ3) is 1.97. The number of carbonyl (C=O) groups excluding carboxylic acids is 1. The summed E-state index contributed by atoms with van der Waals surface area (Å²) in [6, 6.07) is 0.311. The number of nitrogens with two attached hydrogens (primary N) is 1. The lowest BCUT2D eigenvalue weighted by Crippen LogP contribution is -2.47. The van der Waals surface area contributed by atoms with Crippen LogP contribution >= 0.6 is 0 Å². The number of piperidine rings is 1. The Kier molecular flexibility index (Phi) is 3.53. The zero-order valence-electron chi connectivity index (χ0n) is 7.75. The highest BCUT2D eigenvalue weighted by atomic mass is 16.2. The molecule has 0 saturated carbocycles. The van der Waals surface area contributed by atoms with Crippen LogP contribution in [0.1, 0.15) is 32.6 Å². The Hall–Kier alpha value is -0.570. The summed E-state index contributed by atoms with van der Waals surface area (Å²) < 4.78 is 0. The van der Waals surface area contributed by atoms with Crippen LogP contribution in [0, 0.1) is 0 Å². The van der Waals surface area contributed by atoms with Crippen molar-refractivity contribution in [2.75, 3.05) is 13.1 Å². The van der Waals surface area contributed by atoms with Crippen molar-refractivity contribution in [1.29, 1.82) is 0 Å². The third-order valence-electron chi connectivity index (χ3n) is 2.52. The van der Waals surface area contributed by atoms with E-state index in [1.165, 1.54) is 6.42 Å². The van der Waals surface area contributed by atoms with Gasteiger partial charge in [0.1, 0.15) is 0 Å². The van der Waals surface area contributed by atoms with Gasteiger partial charge in [-0.3, -0.25) is 4.79 Å². The first-order valence-corrected chi connectivity index (χ1v) is 4.79. The molecule has 0 bridgehead atoms. The van der Waals surface area contributed by atoms with E-state index in [-0.39, 0.29) is 5.91 Å². The molecular weight excluding hydrogens is 152 g/mol. The van der Waals surface area contributed by atoms with Gasteiger partial charge in [-0.2, -0.15) is 0 Å². The summed E-state index contributed by atoms with van der Waals surface area (Å²) in [6.45, 7) is 3.44. The van der Waals surface area contributed by atoms with Gasteiger partial charge in [-0.05, 0) is 19.3 Å². The second-order valence-electron chi connectivity index (χ2n) is 3.33. The largest absolute Gasteiger partial charge is 0.338 e. The van der Waals surface area contributed by atoms with Crippen LogP contribution in [0.25, 0.3) is 0 Å². The van der Waals surface area contributed by atoms with Crippen LogP contribution in [0.15, 0.2) is 0 Å². The minimum absolute atomic E-state index is 0.255. The molecule has 1 atom stereocenters. The second-order valence-corrected chi connectivity index (χ2v) is 3.33. The molecule has 1 aliphatic heterocycles. The van der Waals surface area contributed by atoms with Crippen LogP contribution in [0.2, 0.25) is 0 Å². The fraction of sp³-hybridized carbons (Fsp3) is 0.889. The molecule has 1 rings (SSSR count). The van der Waals surface area contributed by atoms with Gasteiger partial charge in [-0.25, -0.2) is 0 Å². The van der Waals surface area contributed by atoms with Crippen LogP contribution in [0.5, 0.6) is 0 Å². The quantitative estimate of drug-likeness (QED) is 0.664. The van der Waals surface area contributed by atoms with Gasteiger partial charge in [0.25, 0.3) is 0 Å². The summed E-state index contributed by atoms with van der Waals surface area (Å²) >= 11 is 0. The predicted molar refractivity (Wildman–Crippen MR) is 48.7 cm³/mol. The molecule has 1 fully saturated rings. The molecule has 2 N–H and O–H groups in total. The minimum Gasteiger partial charge on any atom is -0.338 e. The number of nitrogens with zero attached hydrogens (tertiary/aromatic N) is 1. The van der Waals surface area contributed by atoms with Gasteiger partial charge in [0, 0.05) is 25.6 Å². The van der Waals surface area contributed by atoms with E-state index in [2.05, 4.69) is 0 Å². The molecule has 70 valence electrons. The van der Waals surface area contributed by atoms with Gasteiger partial charge in [0.15, 0.2) is 0 Å². The van der Waals surface area contributed by atoms with Crippen molar-refractivity contribution in [2.45, 2.75) is 38.6 Å². The number of rotatable bonds is 2. The summed E-state index contributed by atoms with van der Waals surface area (Å²) in [5.74, 6) is 0.255. The summed E-state index contributed by atoms with van der Waals surface area (Å²) in [6.07, 6.45) is 4.05. The molecule has 1 amide bonds. The average Bonchev–Trinajstić information content (AvgIpc) is 2.16. The van der Waals surface area contributed by atoms with Gasteiger partial charge in [0.2, 0.25) is 5.91 Å². The van der Waals surface area contributed by atoms with Crippen LogP contribution in [-0.2, 0) is 4.79 Å². The first kappa shape index (κ1) is 9.52. The van der Waals surface area contributed by atoms with E-state index in [0.29, 0.717) is 19.0 Å². The zero-order chi connectivity index (χ0) is 8.97. The van der Waals surface area contributed by atoms with Crippen molar-refractivity contribution in [3.8, 4) is 0 Å². The van der Waals surface area contributed by atoms with Crippen molar-refractivity contribution in [1.82, 2.24) is 4.90 Å².